The van der Waals surface area contributed by atoms with E-state index in [0.29, 0.717) is 12.2 Å². The quantitative estimate of drug-likeness (QED) is 0.362. The van der Waals surface area contributed by atoms with Gasteiger partial charge in [-0.3, -0.25) is 4.99 Å². The molecule has 4 heterocycles. The molecular weight excluding hydrogens is 492 g/mol. The van der Waals surface area contributed by atoms with Crippen LogP contribution in [0.25, 0.3) is 22.2 Å². The first-order valence-corrected chi connectivity index (χ1v) is 13.7. The Morgan fingerprint density at radius 3 is 2.41 bits per heavy atom. The summed E-state index contributed by atoms with van der Waals surface area (Å²) in [6.45, 7) is 14.6. The van der Waals surface area contributed by atoms with E-state index in [-0.39, 0.29) is 12.1 Å². The van der Waals surface area contributed by atoms with Gasteiger partial charge in [-0.2, -0.15) is 0 Å². The highest BCUT2D eigenvalue weighted by Gasteiger charge is 2.35. The zero-order valence-corrected chi connectivity index (χ0v) is 24.0. The lowest BCUT2D eigenvalue weighted by atomic mass is 9.88. The molecule has 0 bridgehead atoms. The number of amides is 1. The Balaban J connectivity index is 1.56. The second-order valence-corrected chi connectivity index (χ2v) is 12.5. The van der Waals surface area contributed by atoms with E-state index < -0.39 is 17.3 Å². The first-order chi connectivity index (χ1) is 18.3. The molecule has 3 aromatic rings. The van der Waals surface area contributed by atoms with Gasteiger partial charge in [-0.05, 0) is 114 Å². The fraction of sp³-hybridized carbons (Fsp3) is 0.484. The van der Waals surface area contributed by atoms with Gasteiger partial charge in [0.25, 0.3) is 0 Å². The van der Waals surface area contributed by atoms with Crippen LogP contribution < -0.4 is 0 Å². The van der Waals surface area contributed by atoms with Crippen molar-refractivity contribution in [3.8, 4) is 11.1 Å². The van der Waals surface area contributed by atoms with Gasteiger partial charge in [-0.25, -0.2) is 19.1 Å². The van der Waals surface area contributed by atoms with Crippen LogP contribution in [0.15, 0.2) is 35.6 Å². The number of carbonyl (C=O) groups is 2. The molecule has 2 aromatic heterocycles. The fourth-order valence-corrected chi connectivity index (χ4v) is 5.43. The van der Waals surface area contributed by atoms with Crippen LogP contribution in [0, 0.1) is 6.92 Å². The second-order valence-electron chi connectivity index (χ2n) is 12.5. The van der Waals surface area contributed by atoms with Gasteiger partial charge in [-0.15, -0.1) is 0 Å². The number of carbonyl (C=O) groups excluding carboxylic acids is 2. The Morgan fingerprint density at radius 1 is 0.974 bits per heavy atom. The Hall–Kier alpha value is -3.68. The summed E-state index contributed by atoms with van der Waals surface area (Å²) in [4.78, 5) is 37.0. The first-order valence-electron chi connectivity index (χ1n) is 13.7. The summed E-state index contributed by atoms with van der Waals surface area (Å²) in [5, 5.41) is 0.891. The number of hydrogen-bond donors (Lipinski definition) is 0. The summed E-state index contributed by atoms with van der Waals surface area (Å²) in [5.41, 5.74) is 5.78. The molecule has 0 unspecified atom stereocenters. The van der Waals surface area contributed by atoms with Crippen molar-refractivity contribution >= 4 is 29.4 Å². The third-order valence-corrected chi connectivity index (χ3v) is 7.05. The van der Waals surface area contributed by atoms with E-state index >= 15 is 0 Å². The van der Waals surface area contributed by atoms with Crippen LogP contribution >= 0.6 is 0 Å². The average molecular weight is 531 g/mol. The maximum absolute atomic E-state index is 13.1. The zero-order valence-electron chi connectivity index (χ0n) is 24.0. The number of hydrogen-bond acceptors (Lipinski definition) is 6. The number of aromatic nitrogens is 2. The molecule has 1 atom stereocenters. The summed E-state index contributed by atoms with van der Waals surface area (Å²) >= 11 is 0. The predicted octanol–water partition coefficient (Wildman–Crippen LogP) is 6.84. The number of pyridine rings is 1. The second kappa shape index (κ2) is 9.81. The molecule has 0 radical (unpaired) electrons. The van der Waals surface area contributed by atoms with Crippen molar-refractivity contribution in [2.75, 3.05) is 13.1 Å². The minimum Gasteiger partial charge on any atom is -0.444 e. The fourth-order valence-electron chi connectivity index (χ4n) is 5.43. The Kier molecular flexibility index (Phi) is 6.77. The van der Waals surface area contributed by atoms with Crippen molar-refractivity contribution < 1.29 is 19.1 Å². The average Bonchev–Trinajstić information content (AvgIpc) is 3.46. The van der Waals surface area contributed by atoms with Crippen LogP contribution in [0.4, 0.5) is 9.59 Å². The Morgan fingerprint density at radius 2 is 1.69 bits per heavy atom. The topological polar surface area (TPSA) is 86.0 Å². The molecule has 1 amide bonds. The summed E-state index contributed by atoms with van der Waals surface area (Å²) in [6.07, 6.45) is 7.46. The van der Waals surface area contributed by atoms with E-state index in [1.54, 1.807) is 12.4 Å². The number of fused-ring (bicyclic) bond motifs is 2. The normalized spacial score (nSPS) is 17.4. The SMILES string of the molecule is Cc1cn(C(=O)OC(C)(C)C)c2ncc(-c3cc4c(c([C@@H]5CCCN5C(=O)OC(C)(C)C)c3)CCN=C4)cc12. The standard InChI is InChI=1S/C31H38N4O4/c1-19-18-35(29(37)39-31(5,6)7)27-24(19)15-21(17-33-27)20-13-22-16-32-11-10-23(22)25(14-20)26-9-8-12-34(26)28(36)38-30(2,3)4/h13-18,26H,8-12H2,1-7H3/t26-/m0/s1. The number of aryl methyl sites for hydroxylation is 1. The molecule has 8 nitrogen and oxygen atoms in total. The molecule has 0 N–H and O–H groups in total. The van der Waals surface area contributed by atoms with E-state index in [1.807, 2.05) is 59.6 Å². The molecular formula is C31H38N4O4. The molecule has 1 aromatic carbocycles. The molecule has 2 aliphatic rings. The number of aliphatic imine (C=N–C) groups is 1. The predicted molar refractivity (Wildman–Crippen MR) is 153 cm³/mol. The molecule has 0 saturated carbocycles. The first kappa shape index (κ1) is 26.9. The van der Waals surface area contributed by atoms with Crippen LogP contribution in [0.5, 0.6) is 0 Å². The van der Waals surface area contributed by atoms with Gasteiger partial charge in [0, 0.05) is 42.6 Å². The number of ether oxygens (including phenoxy) is 2. The molecule has 39 heavy (non-hydrogen) atoms. The highest BCUT2D eigenvalue weighted by molar-refractivity contribution is 5.93. The molecule has 1 fully saturated rings. The lowest BCUT2D eigenvalue weighted by molar-refractivity contribution is 0.0223. The minimum atomic E-state index is -0.601. The smallest absolute Gasteiger partial charge is 0.420 e. The third kappa shape index (κ3) is 5.56. The number of benzene rings is 1. The number of nitrogens with zero attached hydrogens (tertiary/aromatic N) is 4. The van der Waals surface area contributed by atoms with Crippen molar-refractivity contribution in [1.29, 1.82) is 0 Å². The molecule has 8 heteroatoms. The third-order valence-electron chi connectivity index (χ3n) is 7.05. The summed E-state index contributed by atoms with van der Waals surface area (Å²) in [7, 11) is 0. The molecule has 206 valence electrons. The van der Waals surface area contributed by atoms with Crippen LogP contribution in [0.1, 0.15) is 82.7 Å². The largest absolute Gasteiger partial charge is 0.444 e. The number of likely N-dealkylation sites (tertiary alicyclic amines) is 1. The van der Waals surface area contributed by atoms with E-state index in [9.17, 15) is 9.59 Å². The summed E-state index contributed by atoms with van der Waals surface area (Å²) < 4.78 is 12.8. The van der Waals surface area contributed by atoms with Gasteiger partial charge < -0.3 is 14.4 Å². The van der Waals surface area contributed by atoms with Crippen molar-refractivity contribution in [3.63, 3.8) is 0 Å². The van der Waals surface area contributed by atoms with Gasteiger partial charge in [0.1, 0.15) is 16.8 Å². The van der Waals surface area contributed by atoms with Crippen LogP contribution in [0.3, 0.4) is 0 Å². The van der Waals surface area contributed by atoms with Gasteiger partial charge in [0.15, 0.2) is 0 Å². The highest BCUT2D eigenvalue weighted by Crippen LogP contribution is 2.39. The lowest BCUT2D eigenvalue weighted by Gasteiger charge is -2.31. The Labute approximate surface area is 230 Å². The van der Waals surface area contributed by atoms with Crippen LogP contribution in [0.2, 0.25) is 0 Å². The summed E-state index contributed by atoms with van der Waals surface area (Å²) in [5.74, 6) is 0. The van der Waals surface area contributed by atoms with Gasteiger partial charge in [-0.1, -0.05) is 0 Å². The number of rotatable bonds is 2. The van der Waals surface area contributed by atoms with Crippen molar-refractivity contribution in [2.24, 2.45) is 4.99 Å². The maximum atomic E-state index is 13.1. The molecule has 5 rings (SSSR count). The molecule has 0 spiro atoms. The monoisotopic (exact) mass is 530 g/mol. The molecule has 0 aliphatic carbocycles. The van der Waals surface area contributed by atoms with E-state index in [0.717, 1.165) is 59.0 Å². The molecule has 1 saturated heterocycles. The van der Waals surface area contributed by atoms with Crippen molar-refractivity contribution in [3.05, 3.63) is 52.8 Å². The van der Waals surface area contributed by atoms with Crippen LogP contribution in [-0.2, 0) is 15.9 Å². The van der Waals surface area contributed by atoms with E-state index in [2.05, 4.69) is 23.2 Å². The highest BCUT2D eigenvalue weighted by atomic mass is 16.6. The van der Waals surface area contributed by atoms with Crippen molar-refractivity contribution in [1.82, 2.24) is 14.5 Å². The van der Waals surface area contributed by atoms with Crippen LogP contribution in [-0.4, -0.2) is 57.1 Å². The van der Waals surface area contributed by atoms with E-state index in [1.165, 1.54) is 10.1 Å². The Bertz CT molecular complexity index is 1470. The van der Waals surface area contributed by atoms with Gasteiger partial charge in [0.2, 0.25) is 0 Å². The summed E-state index contributed by atoms with van der Waals surface area (Å²) in [6, 6.07) is 6.38. The lowest BCUT2D eigenvalue weighted by Crippen LogP contribution is -2.36. The minimum absolute atomic E-state index is 0.0493. The zero-order chi connectivity index (χ0) is 28.1. The van der Waals surface area contributed by atoms with E-state index in [4.69, 9.17) is 14.5 Å². The van der Waals surface area contributed by atoms with Gasteiger partial charge >= 0.3 is 12.2 Å². The molecule has 2 aliphatic heterocycles. The maximum Gasteiger partial charge on any atom is 0.420 e. The van der Waals surface area contributed by atoms with Crippen molar-refractivity contribution in [2.45, 2.75) is 85.0 Å². The van der Waals surface area contributed by atoms with Gasteiger partial charge in [0.05, 0.1) is 6.04 Å².